The molecule has 0 saturated heterocycles. The Labute approximate surface area is 146 Å². The molecule has 0 aliphatic heterocycles. The van der Waals surface area contributed by atoms with Gasteiger partial charge in [-0.05, 0) is 46.5 Å². The normalized spacial score (nSPS) is 21.2. The van der Waals surface area contributed by atoms with Crippen LogP contribution in [-0.4, -0.2) is 33.6 Å². The first-order valence-electron chi connectivity index (χ1n) is 8.13. The van der Waals surface area contributed by atoms with Crippen LogP contribution in [0.1, 0.15) is 46.5 Å². The third kappa shape index (κ3) is 5.12. The molecule has 8 heteroatoms. The second-order valence-electron chi connectivity index (χ2n) is 7.14. The lowest BCUT2D eigenvalue weighted by Gasteiger charge is -2.31. The molecular formula is C16H25ClN4O3. The van der Waals surface area contributed by atoms with Crippen molar-refractivity contribution in [2.24, 2.45) is 7.05 Å². The van der Waals surface area contributed by atoms with Crippen LogP contribution in [0.25, 0.3) is 0 Å². The minimum Gasteiger partial charge on any atom is -0.444 e. The average molecular weight is 357 g/mol. The molecule has 0 radical (unpaired) electrons. The highest BCUT2D eigenvalue weighted by molar-refractivity contribution is 6.32. The van der Waals surface area contributed by atoms with Crippen molar-refractivity contribution in [1.82, 2.24) is 15.1 Å². The number of halogens is 1. The Morgan fingerprint density at radius 3 is 2.46 bits per heavy atom. The Kier molecular flexibility index (Phi) is 5.74. The van der Waals surface area contributed by atoms with Crippen molar-refractivity contribution in [3.05, 3.63) is 21.6 Å². The van der Waals surface area contributed by atoms with Gasteiger partial charge in [-0.2, -0.15) is 5.10 Å². The quantitative estimate of drug-likeness (QED) is 0.869. The van der Waals surface area contributed by atoms with Gasteiger partial charge >= 0.3 is 6.09 Å². The maximum Gasteiger partial charge on any atom is 0.407 e. The van der Waals surface area contributed by atoms with Crippen molar-refractivity contribution in [3.63, 3.8) is 0 Å². The molecule has 1 saturated carbocycles. The molecule has 134 valence electrons. The van der Waals surface area contributed by atoms with Gasteiger partial charge in [0.1, 0.15) is 10.6 Å². The van der Waals surface area contributed by atoms with Gasteiger partial charge in [0.15, 0.2) is 0 Å². The molecule has 1 aliphatic rings. The van der Waals surface area contributed by atoms with Crippen molar-refractivity contribution in [2.45, 2.75) is 64.1 Å². The van der Waals surface area contributed by atoms with Crippen LogP contribution >= 0.6 is 11.6 Å². The minimum absolute atomic E-state index is 0.107. The molecular weight excluding hydrogens is 332 g/mol. The number of hydrogen-bond acceptors (Lipinski definition) is 5. The Morgan fingerprint density at radius 1 is 1.29 bits per heavy atom. The number of alkyl carbamates (subject to hydrolysis) is 1. The number of hydrogen-bond donors (Lipinski definition) is 2. The van der Waals surface area contributed by atoms with E-state index in [0.29, 0.717) is 5.69 Å². The second-order valence-corrected chi connectivity index (χ2v) is 7.52. The third-order valence-electron chi connectivity index (χ3n) is 3.89. The zero-order chi connectivity index (χ0) is 17.9. The van der Waals surface area contributed by atoms with Crippen LogP contribution in [-0.2, 0) is 11.8 Å². The highest BCUT2D eigenvalue weighted by Crippen LogP contribution is 2.24. The molecule has 1 aromatic heterocycles. The van der Waals surface area contributed by atoms with Crippen molar-refractivity contribution in [3.8, 4) is 0 Å². The number of nitrogens with one attached hydrogen (secondary N) is 2. The molecule has 7 nitrogen and oxygen atoms in total. The SMILES string of the molecule is Cn1ncc(NC2CCC(NC(=O)OC(C)(C)C)CC2)c(Cl)c1=O. The maximum absolute atomic E-state index is 11.8. The van der Waals surface area contributed by atoms with Gasteiger partial charge in [0, 0.05) is 19.1 Å². The van der Waals surface area contributed by atoms with E-state index in [1.54, 1.807) is 13.2 Å². The summed E-state index contributed by atoms with van der Waals surface area (Å²) < 4.78 is 6.48. The number of carbonyl (C=O) groups excluding carboxylic acids is 1. The molecule has 1 aromatic rings. The zero-order valence-electron chi connectivity index (χ0n) is 14.6. The molecule has 2 N–H and O–H groups in total. The number of aryl methyl sites for hydroxylation is 1. The van der Waals surface area contributed by atoms with Crippen molar-refractivity contribution in [2.75, 3.05) is 5.32 Å². The van der Waals surface area contributed by atoms with Crippen molar-refractivity contribution >= 4 is 23.4 Å². The van der Waals surface area contributed by atoms with Crippen LogP contribution in [0.2, 0.25) is 5.02 Å². The van der Waals surface area contributed by atoms with Gasteiger partial charge in [-0.3, -0.25) is 4.79 Å². The number of carbonyl (C=O) groups is 1. The van der Waals surface area contributed by atoms with Gasteiger partial charge in [-0.15, -0.1) is 0 Å². The maximum atomic E-state index is 11.8. The van der Waals surface area contributed by atoms with E-state index in [4.69, 9.17) is 16.3 Å². The minimum atomic E-state index is -0.494. The van der Waals surface area contributed by atoms with Gasteiger partial charge in [0.05, 0.1) is 11.9 Å². The van der Waals surface area contributed by atoms with E-state index < -0.39 is 5.60 Å². The largest absolute Gasteiger partial charge is 0.444 e. The summed E-state index contributed by atoms with van der Waals surface area (Å²) in [7, 11) is 1.56. The first-order valence-corrected chi connectivity index (χ1v) is 8.51. The van der Waals surface area contributed by atoms with E-state index in [9.17, 15) is 9.59 Å². The summed E-state index contributed by atoms with van der Waals surface area (Å²) in [5.41, 5.74) is -0.253. The van der Waals surface area contributed by atoms with E-state index in [2.05, 4.69) is 15.7 Å². The summed E-state index contributed by atoms with van der Waals surface area (Å²) in [5.74, 6) is 0. The van der Waals surface area contributed by atoms with Crippen molar-refractivity contribution in [1.29, 1.82) is 0 Å². The molecule has 0 bridgehead atoms. The molecule has 1 aliphatic carbocycles. The monoisotopic (exact) mass is 356 g/mol. The molecule has 1 fully saturated rings. The number of anilines is 1. The lowest BCUT2D eigenvalue weighted by Crippen LogP contribution is -2.42. The van der Waals surface area contributed by atoms with Gasteiger partial charge in [-0.1, -0.05) is 11.6 Å². The lowest BCUT2D eigenvalue weighted by atomic mass is 9.91. The Hall–Kier alpha value is -1.76. The number of rotatable bonds is 3. The summed E-state index contributed by atoms with van der Waals surface area (Å²) in [6.07, 6.45) is 4.60. The van der Waals surface area contributed by atoms with E-state index in [-0.39, 0.29) is 28.8 Å². The van der Waals surface area contributed by atoms with Crippen LogP contribution in [0.5, 0.6) is 0 Å². The molecule has 0 unspecified atom stereocenters. The van der Waals surface area contributed by atoms with Crippen LogP contribution in [0.3, 0.4) is 0 Å². The van der Waals surface area contributed by atoms with Gasteiger partial charge < -0.3 is 15.4 Å². The Morgan fingerprint density at radius 2 is 1.88 bits per heavy atom. The topological polar surface area (TPSA) is 85.2 Å². The smallest absolute Gasteiger partial charge is 0.407 e. The van der Waals surface area contributed by atoms with Crippen LogP contribution in [0.15, 0.2) is 11.0 Å². The number of nitrogens with zero attached hydrogens (tertiary/aromatic N) is 2. The third-order valence-corrected chi connectivity index (χ3v) is 4.25. The molecule has 0 spiro atoms. The van der Waals surface area contributed by atoms with Crippen LogP contribution in [0, 0.1) is 0 Å². The van der Waals surface area contributed by atoms with E-state index in [0.717, 1.165) is 25.7 Å². The average Bonchev–Trinajstić information content (AvgIpc) is 2.48. The van der Waals surface area contributed by atoms with Gasteiger partial charge in [0.2, 0.25) is 0 Å². The predicted octanol–water partition coefficient (Wildman–Crippen LogP) is 2.68. The van der Waals surface area contributed by atoms with Gasteiger partial charge in [-0.25, -0.2) is 9.48 Å². The summed E-state index contributed by atoms with van der Waals surface area (Å²) in [4.78, 5) is 23.6. The molecule has 24 heavy (non-hydrogen) atoms. The molecule has 2 rings (SSSR count). The molecule has 0 aromatic carbocycles. The highest BCUT2D eigenvalue weighted by atomic mass is 35.5. The van der Waals surface area contributed by atoms with E-state index in [1.165, 1.54) is 4.68 Å². The predicted molar refractivity (Wildman–Crippen MR) is 93.5 cm³/mol. The first-order chi connectivity index (χ1) is 11.2. The molecule has 1 amide bonds. The fourth-order valence-electron chi connectivity index (χ4n) is 2.69. The Bertz CT molecular complexity index is 646. The fourth-order valence-corrected chi connectivity index (χ4v) is 2.91. The highest BCUT2D eigenvalue weighted by Gasteiger charge is 2.25. The fraction of sp³-hybridized carbons (Fsp3) is 0.688. The number of amides is 1. The molecule has 0 atom stereocenters. The van der Waals surface area contributed by atoms with E-state index >= 15 is 0 Å². The van der Waals surface area contributed by atoms with E-state index in [1.807, 2.05) is 20.8 Å². The summed E-state index contributed by atoms with van der Waals surface area (Å²) in [6, 6.07) is 0.309. The Balaban J connectivity index is 1.84. The number of ether oxygens (including phenoxy) is 1. The second kappa shape index (κ2) is 7.42. The zero-order valence-corrected chi connectivity index (χ0v) is 15.3. The summed E-state index contributed by atoms with van der Waals surface area (Å²) in [6.45, 7) is 5.53. The lowest BCUT2D eigenvalue weighted by molar-refractivity contribution is 0.0492. The standard InChI is InChI=1S/C16H25ClN4O3/c1-16(2,3)24-15(23)20-11-7-5-10(6-8-11)19-12-9-18-21(4)14(22)13(12)17/h9-11,19H,5-8H2,1-4H3,(H,20,23). The summed E-state index contributed by atoms with van der Waals surface area (Å²) in [5, 5.41) is 10.3. The number of aromatic nitrogens is 2. The van der Waals surface area contributed by atoms with Crippen LogP contribution in [0.4, 0.5) is 10.5 Å². The first kappa shape index (κ1) is 18.6. The summed E-state index contributed by atoms with van der Waals surface area (Å²) >= 11 is 6.07. The molecule has 1 heterocycles. The van der Waals surface area contributed by atoms with Crippen LogP contribution < -0.4 is 16.2 Å². The van der Waals surface area contributed by atoms with Gasteiger partial charge in [0.25, 0.3) is 5.56 Å². The van der Waals surface area contributed by atoms with Crippen molar-refractivity contribution < 1.29 is 9.53 Å².